The third kappa shape index (κ3) is 5.50. The lowest BCUT2D eigenvalue weighted by molar-refractivity contribution is -0.127. The highest BCUT2D eigenvalue weighted by atomic mass is 35.5. The number of nitrogens with zero attached hydrogens (tertiary/aromatic N) is 1. The lowest BCUT2D eigenvalue weighted by Crippen LogP contribution is -2.33. The molecule has 0 unspecified atom stereocenters. The van der Waals surface area contributed by atoms with E-state index in [4.69, 9.17) is 9.88 Å². The first kappa shape index (κ1) is 21.3. The van der Waals surface area contributed by atoms with Crippen molar-refractivity contribution in [2.24, 2.45) is 17.0 Å². The summed E-state index contributed by atoms with van der Waals surface area (Å²) in [5, 5.41) is 8.42. The summed E-state index contributed by atoms with van der Waals surface area (Å²) in [6.07, 6.45) is 0. The second-order valence-electron chi connectivity index (χ2n) is 6.39. The Kier molecular flexibility index (Phi) is 7.60. The number of thioether (sulfide) groups is 1. The molecule has 1 aromatic carbocycles. The first-order valence-electron chi connectivity index (χ1n) is 8.25. The summed E-state index contributed by atoms with van der Waals surface area (Å²) in [5.41, 5.74) is 0. The number of halogens is 1. The molecule has 146 valence electrons. The summed E-state index contributed by atoms with van der Waals surface area (Å²) in [6, 6.07) is 5.99. The normalized spacial score (nSPS) is 22.0. The Bertz CT molecular complexity index is 703. The Morgan fingerprint density at radius 2 is 1.85 bits per heavy atom. The highest BCUT2D eigenvalue weighted by molar-refractivity contribution is 7.99. The molecule has 0 bridgehead atoms. The minimum absolute atomic E-state index is 0. The van der Waals surface area contributed by atoms with Crippen LogP contribution in [0.4, 0.5) is 0 Å². The molecule has 10 heteroatoms. The molecule has 1 aromatic rings. The van der Waals surface area contributed by atoms with Crippen molar-refractivity contribution in [2.45, 2.75) is 4.90 Å². The maximum absolute atomic E-state index is 12.2. The van der Waals surface area contributed by atoms with Gasteiger partial charge in [-0.3, -0.25) is 4.79 Å². The van der Waals surface area contributed by atoms with Crippen LogP contribution >= 0.6 is 24.2 Å². The lowest BCUT2D eigenvalue weighted by Gasteiger charge is -2.17. The molecular formula is C16H24ClN3O4S2. The molecule has 3 rings (SSSR count). The number of benzene rings is 1. The number of carbonyl (C=O) groups excluding carboxylic acids is 1. The molecule has 0 saturated carbocycles. The Labute approximate surface area is 164 Å². The van der Waals surface area contributed by atoms with Gasteiger partial charge in [-0.05, 0) is 36.1 Å². The number of rotatable bonds is 7. The largest absolute Gasteiger partial charge is 0.493 e. The molecule has 2 heterocycles. The summed E-state index contributed by atoms with van der Waals surface area (Å²) in [6.45, 7) is 4.27. The SMILES string of the molecule is Cl.NS(=O)(=O)c1ccc(OCCSCC(=O)N2C[C@H]3CNC[C@H]3C2)cc1. The standard InChI is InChI=1S/C16H23N3O4S2.ClH/c17-25(21,22)15-3-1-14(2-4-15)23-5-6-24-11-16(20)19-9-12-7-18-8-13(12)10-19;/h1-4,12-13,18H,5-11H2,(H2,17,21,22);1H/t12-,13+;. The predicted octanol–water partition coefficient (Wildman–Crippen LogP) is 0.546. The van der Waals surface area contributed by atoms with Crippen molar-refractivity contribution in [1.29, 1.82) is 0 Å². The zero-order valence-corrected chi connectivity index (χ0v) is 16.7. The van der Waals surface area contributed by atoms with E-state index in [1.165, 1.54) is 12.1 Å². The van der Waals surface area contributed by atoms with Crippen LogP contribution in [0, 0.1) is 11.8 Å². The minimum Gasteiger partial charge on any atom is -0.493 e. The van der Waals surface area contributed by atoms with Crippen LogP contribution in [0.15, 0.2) is 29.2 Å². The van der Waals surface area contributed by atoms with Gasteiger partial charge >= 0.3 is 0 Å². The maximum Gasteiger partial charge on any atom is 0.238 e. The maximum atomic E-state index is 12.2. The number of sulfonamides is 1. The van der Waals surface area contributed by atoms with E-state index in [1.807, 2.05) is 4.90 Å². The Balaban J connectivity index is 0.00000243. The number of fused-ring (bicyclic) bond motifs is 1. The first-order chi connectivity index (χ1) is 11.9. The van der Waals surface area contributed by atoms with E-state index < -0.39 is 10.0 Å². The van der Waals surface area contributed by atoms with Crippen LogP contribution in [0.2, 0.25) is 0 Å². The van der Waals surface area contributed by atoms with Crippen LogP contribution in [-0.4, -0.2) is 63.5 Å². The quantitative estimate of drug-likeness (QED) is 0.623. The van der Waals surface area contributed by atoms with Crippen molar-refractivity contribution in [1.82, 2.24) is 10.2 Å². The van der Waals surface area contributed by atoms with Crippen molar-refractivity contribution < 1.29 is 17.9 Å². The number of primary sulfonamides is 1. The van der Waals surface area contributed by atoms with Crippen LogP contribution in [0.1, 0.15) is 0 Å². The smallest absolute Gasteiger partial charge is 0.238 e. The van der Waals surface area contributed by atoms with Gasteiger partial charge in [-0.1, -0.05) is 0 Å². The zero-order valence-electron chi connectivity index (χ0n) is 14.3. The van der Waals surface area contributed by atoms with Gasteiger partial charge in [0.25, 0.3) is 0 Å². The molecule has 0 radical (unpaired) electrons. The van der Waals surface area contributed by atoms with Crippen molar-refractivity contribution in [3.63, 3.8) is 0 Å². The fraction of sp³-hybridized carbons (Fsp3) is 0.562. The van der Waals surface area contributed by atoms with Crippen LogP contribution < -0.4 is 15.2 Å². The van der Waals surface area contributed by atoms with E-state index >= 15 is 0 Å². The van der Waals surface area contributed by atoms with Gasteiger partial charge in [0, 0.05) is 31.9 Å². The van der Waals surface area contributed by atoms with Gasteiger partial charge < -0.3 is 15.0 Å². The lowest BCUT2D eigenvalue weighted by atomic mass is 10.0. The molecule has 0 aliphatic carbocycles. The summed E-state index contributed by atoms with van der Waals surface area (Å²) < 4.78 is 27.9. The number of hydrogen-bond donors (Lipinski definition) is 2. The summed E-state index contributed by atoms with van der Waals surface area (Å²) >= 11 is 1.56. The molecule has 2 aliphatic heterocycles. The molecule has 2 aliphatic rings. The number of likely N-dealkylation sites (tertiary alicyclic amines) is 1. The number of nitrogens with one attached hydrogen (secondary N) is 1. The number of nitrogens with two attached hydrogens (primary N) is 1. The number of ether oxygens (including phenoxy) is 1. The minimum atomic E-state index is -3.68. The molecule has 2 saturated heterocycles. The van der Waals surface area contributed by atoms with Gasteiger partial charge in [0.2, 0.25) is 15.9 Å². The van der Waals surface area contributed by atoms with Crippen LogP contribution in [-0.2, 0) is 14.8 Å². The van der Waals surface area contributed by atoms with Crippen LogP contribution in [0.25, 0.3) is 0 Å². The van der Waals surface area contributed by atoms with Gasteiger partial charge in [-0.25, -0.2) is 13.6 Å². The van der Waals surface area contributed by atoms with E-state index in [0.717, 1.165) is 26.2 Å². The summed E-state index contributed by atoms with van der Waals surface area (Å²) in [7, 11) is -3.68. The van der Waals surface area contributed by atoms with Crippen LogP contribution in [0.5, 0.6) is 5.75 Å². The predicted molar refractivity (Wildman–Crippen MR) is 104 cm³/mol. The molecule has 26 heavy (non-hydrogen) atoms. The monoisotopic (exact) mass is 421 g/mol. The first-order valence-corrected chi connectivity index (χ1v) is 11.0. The molecule has 3 N–H and O–H groups in total. The molecular weight excluding hydrogens is 398 g/mol. The molecule has 7 nitrogen and oxygen atoms in total. The molecule has 2 fully saturated rings. The number of amides is 1. The number of carbonyl (C=O) groups is 1. The van der Waals surface area contributed by atoms with Crippen LogP contribution in [0.3, 0.4) is 0 Å². The van der Waals surface area contributed by atoms with Gasteiger partial charge in [0.05, 0.1) is 17.3 Å². The molecule has 0 aromatic heterocycles. The molecule has 2 atom stereocenters. The second kappa shape index (κ2) is 9.27. The van der Waals surface area contributed by atoms with E-state index in [2.05, 4.69) is 5.32 Å². The van der Waals surface area contributed by atoms with Gasteiger partial charge in [-0.15, -0.1) is 24.2 Å². The van der Waals surface area contributed by atoms with Crippen molar-refractivity contribution in [2.75, 3.05) is 44.3 Å². The Hall–Kier alpha value is -1.00. The summed E-state index contributed by atoms with van der Waals surface area (Å²) in [5.74, 6) is 3.21. The third-order valence-electron chi connectivity index (χ3n) is 4.62. The van der Waals surface area contributed by atoms with Gasteiger partial charge in [0.15, 0.2) is 0 Å². The fourth-order valence-corrected chi connectivity index (χ4v) is 4.47. The van der Waals surface area contributed by atoms with E-state index in [-0.39, 0.29) is 23.2 Å². The topological polar surface area (TPSA) is 102 Å². The second-order valence-corrected chi connectivity index (χ2v) is 9.06. The average Bonchev–Trinajstić information content (AvgIpc) is 3.15. The highest BCUT2D eigenvalue weighted by Gasteiger charge is 2.37. The van der Waals surface area contributed by atoms with Crippen molar-refractivity contribution in [3.05, 3.63) is 24.3 Å². The fourth-order valence-electron chi connectivity index (χ4n) is 3.25. The Morgan fingerprint density at radius 1 is 1.23 bits per heavy atom. The van der Waals surface area contributed by atoms with Gasteiger partial charge in [-0.2, -0.15) is 0 Å². The average molecular weight is 422 g/mol. The molecule has 1 amide bonds. The zero-order chi connectivity index (χ0) is 17.9. The summed E-state index contributed by atoms with van der Waals surface area (Å²) in [4.78, 5) is 14.3. The molecule has 0 spiro atoms. The van der Waals surface area contributed by atoms with E-state index in [9.17, 15) is 13.2 Å². The van der Waals surface area contributed by atoms with Gasteiger partial charge in [0.1, 0.15) is 5.75 Å². The Morgan fingerprint density at radius 3 is 2.42 bits per heavy atom. The van der Waals surface area contributed by atoms with E-state index in [0.29, 0.717) is 35.7 Å². The number of hydrogen-bond acceptors (Lipinski definition) is 6. The third-order valence-corrected chi connectivity index (χ3v) is 6.45. The van der Waals surface area contributed by atoms with E-state index in [1.54, 1.807) is 23.9 Å². The highest BCUT2D eigenvalue weighted by Crippen LogP contribution is 2.26. The van der Waals surface area contributed by atoms with Crippen molar-refractivity contribution >= 4 is 40.1 Å². The van der Waals surface area contributed by atoms with Crippen molar-refractivity contribution in [3.8, 4) is 5.75 Å².